The maximum Gasteiger partial charge on any atom is -0.00489 e. The summed E-state index contributed by atoms with van der Waals surface area (Å²) in [5.41, 5.74) is 5.80. The van der Waals surface area contributed by atoms with Crippen molar-refractivity contribution in [3.05, 3.63) is 12.2 Å². The molecule has 0 saturated heterocycles. The molecule has 0 aliphatic rings. The van der Waals surface area contributed by atoms with E-state index in [-0.39, 0.29) is 0 Å². The first-order valence-electron chi connectivity index (χ1n) is 10.2. The Hall–Kier alpha value is -0.300. The zero-order chi connectivity index (χ0) is 16.3. The highest BCUT2D eigenvalue weighted by molar-refractivity contribution is 4.81. The summed E-state index contributed by atoms with van der Waals surface area (Å²) in [5, 5.41) is 0. The Kier molecular flexibility index (Phi) is 18.5. The van der Waals surface area contributed by atoms with Crippen molar-refractivity contribution >= 4 is 0 Å². The summed E-state index contributed by atoms with van der Waals surface area (Å²) < 4.78 is 0. The highest BCUT2D eigenvalue weighted by atomic mass is 14.5. The lowest BCUT2D eigenvalue weighted by Crippen LogP contribution is -2.13. The summed E-state index contributed by atoms with van der Waals surface area (Å²) in [7, 11) is 0. The van der Waals surface area contributed by atoms with Gasteiger partial charge in [0.15, 0.2) is 0 Å². The van der Waals surface area contributed by atoms with Gasteiger partial charge in [-0.25, -0.2) is 0 Å². The van der Waals surface area contributed by atoms with Gasteiger partial charge in [0.1, 0.15) is 0 Å². The lowest BCUT2D eigenvalue weighted by atomic mass is 9.96. The largest absolute Gasteiger partial charge is 0.330 e. The van der Waals surface area contributed by atoms with Crippen LogP contribution in [-0.2, 0) is 0 Å². The summed E-state index contributed by atoms with van der Waals surface area (Å²) in [4.78, 5) is 0. The molecule has 1 atom stereocenters. The minimum absolute atomic E-state index is 0.780. The normalized spacial score (nSPS) is 13.0. The van der Waals surface area contributed by atoms with Crippen molar-refractivity contribution < 1.29 is 0 Å². The van der Waals surface area contributed by atoms with E-state index in [1.807, 2.05) is 0 Å². The third-order valence-electron chi connectivity index (χ3n) is 4.65. The van der Waals surface area contributed by atoms with Crippen molar-refractivity contribution in [2.24, 2.45) is 11.7 Å². The molecule has 0 aromatic heterocycles. The van der Waals surface area contributed by atoms with E-state index in [2.05, 4.69) is 26.0 Å². The Labute approximate surface area is 141 Å². The van der Waals surface area contributed by atoms with Gasteiger partial charge in [0.2, 0.25) is 0 Å². The van der Waals surface area contributed by atoms with Crippen LogP contribution in [-0.4, -0.2) is 6.54 Å². The van der Waals surface area contributed by atoms with Gasteiger partial charge in [0, 0.05) is 0 Å². The van der Waals surface area contributed by atoms with Crippen LogP contribution in [0.15, 0.2) is 12.2 Å². The Morgan fingerprint density at radius 1 is 0.636 bits per heavy atom. The third kappa shape index (κ3) is 16.1. The minimum Gasteiger partial charge on any atom is -0.330 e. The second-order valence-electron chi connectivity index (χ2n) is 6.91. The number of hydrogen-bond donors (Lipinski definition) is 1. The fraction of sp³-hybridized carbons (Fsp3) is 0.905. The first kappa shape index (κ1) is 21.7. The van der Waals surface area contributed by atoms with Crippen molar-refractivity contribution in [2.75, 3.05) is 6.54 Å². The molecule has 0 saturated carbocycles. The minimum atomic E-state index is 0.780. The molecule has 0 aliphatic carbocycles. The van der Waals surface area contributed by atoms with E-state index in [1.54, 1.807) is 0 Å². The Balaban J connectivity index is 3.20. The van der Waals surface area contributed by atoms with Crippen LogP contribution in [0.1, 0.15) is 110 Å². The first-order chi connectivity index (χ1) is 10.8. The van der Waals surface area contributed by atoms with Crippen LogP contribution in [0.4, 0.5) is 0 Å². The van der Waals surface area contributed by atoms with Gasteiger partial charge in [0.25, 0.3) is 0 Å². The average Bonchev–Trinajstić information content (AvgIpc) is 2.54. The molecule has 0 aromatic carbocycles. The van der Waals surface area contributed by atoms with Gasteiger partial charge in [-0.1, -0.05) is 83.8 Å². The van der Waals surface area contributed by atoms with Crippen molar-refractivity contribution in [2.45, 2.75) is 110 Å². The third-order valence-corrected chi connectivity index (χ3v) is 4.65. The molecule has 0 heterocycles. The van der Waals surface area contributed by atoms with Crippen LogP contribution >= 0.6 is 0 Å². The van der Waals surface area contributed by atoms with Crippen LogP contribution in [0.3, 0.4) is 0 Å². The van der Waals surface area contributed by atoms with E-state index < -0.39 is 0 Å². The summed E-state index contributed by atoms with van der Waals surface area (Å²) in [6.45, 7) is 5.43. The van der Waals surface area contributed by atoms with Gasteiger partial charge in [-0.15, -0.1) is 0 Å². The van der Waals surface area contributed by atoms with Crippen molar-refractivity contribution in [3.8, 4) is 0 Å². The Morgan fingerprint density at radius 3 is 1.73 bits per heavy atom. The number of hydrogen-bond acceptors (Lipinski definition) is 1. The maximum atomic E-state index is 5.80. The summed E-state index contributed by atoms with van der Waals surface area (Å²) in [6, 6.07) is 0. The van der Waals surface area contributed by atoms with Crippen LogP contribution in [0.5, 0.6) is 0 Å². The predicted octanol–water partition coefficient (Wildman–Crippen LogP) is 7.01. The second kappa shape index (κ2) is 18.7. The smallest absolute Gasteiger partial charge is 0.00489 e. The topological polar surface area (TPSA) is 26.0 Å². The van der Waals surface area contributed by atoms with Crippen molar-refractivity contribution in [3.63, 3.8) is 0 Å². The highest BCUT2D eigenvalue weighted by Crippen LogP contribution is 2.15. The number of rotatable bonds is 17. The molecule has 0 fully saturated rings. The zero-order valence-electron chi connectivity index (χ0n) is 15.6. The summed E-state index contributed by atoms with van der Waals surface area (Å²) >= 11 is 0. The number of nitrogens with two attached hydrogens (primary N) is 1. The molecule has 22 heavy (non-hydrogen) atoms. The van der Waals surface area contributed by atoms with Gasteiger partial charge in [0.05, 0.1) is 0 Å². The first-order valence-corrected chi connectivity index (χ1v) is 10.2. The van der Waals surface area contributed by atoms with Crippen molar-refractivity contribution in [1.29, 1.82) is 0 Å². The maximum absolute atomic E-state index is 5.80. The molecule has 0 radical (unpaired) electrons. The molecular formula is C21H43N. The summed E-state index contributed by atoms with van der Waals surface area (Å²) in [6.07, 6.45) is 25.3. The molecule has 0 bridgehead atoms. The highest BCUT2D eigenvalue weighted by Gasteiger charge is 2.04. The lowest BCUT2D eigenvalue weighted by Gasteiger charge is -2.12. The molecule has 1 nitrogen and oxygen atoms in total. The number of allylic oxidation sites excluding steroid dienone is 2. The average molecular weight is 310 g/mol. The Bertz CT molecular complexity index is 222. The van der Waals surface area contributed by atoms with Gasteiger partial charge in [-0.05, 0) is 51.0 Å². The summed E-state index contributed by atoms with van der Waals surface area (Å²) in [5.74, 6) is 0.780. The quantitative estimate of drug-likeness (QED) is 0.227. The molecular weight excluding hydrogens is 266 g/mol. The van der Waals surface area contributed by atoms with E-state index in [0.717, 1.165) is 12.5 Å². The Morgan fingerprint density at radius 2 is 1.18 bits per heavy atom. The predicted molar refractivity (Wildman–Crippen MR) is 102 cm³/mol. The van der Waals surface area contributed by atoms with E-state index in [9.17, 15) is 0 Å². The van der Waals surface area contributed by atoms with Gasteiger partial charge in [-0.3, -0.25) is 0 Å². The zero-order valence-corrected chi connectivity index (χ0v) is 15.6. The molecule has 132 valence electrons. The molecule has 0 rings (SSSR count). The SMILES string of the molecule is CCCCCCCCC=CCCCCCCC(CN)CCC. The van der Waals surface area contributed by atoms with Gasteiger partial charge >= 0.3 is 0 Å². The van der Waals surface area contributed by atoms with E-state index in [4.69, 9.17) is 5.73 Å². The van der Waals surface area contributed by atoms with Crippen LogP contribution in [0.2, 0.25) is 0 Å². The fourth-order valence-electron chi connectivity index (χ4n) is 3.12. The molecule has 0 spiro atoms. The molecule has 1 unspecified atom stereocenters. The second-order valence-corrected chi connectivity index (χ2v) is 6.91. The lowest BCUT2D eigenvalue weighted by molar-refractivity contribution is 0.429. The molecule has 0 aliphatic heterocycles. The molecule has 1 heteroatoms. The van der Waals surface area contributed by atoms with Crippen LogP contribution < -0.4 is 5.73 Å². The van der Waals surface area contributed by atoms with E-state index in [0.29, 0.717) is 0 Å². The van der Waals surface area contributed by atoms with Crippen molar-refractivity contribution in [1.82, 2.24) is 0 Å². The van der Waals surface area contributed by atoms with Crippen LogP contribution in [0, 0.1) is 5.92 Å². The van der Waals surface area contributed by atoms with E-state index >= 15 is 0 Å². The van der Waals surface area contributed by atoms with Crippen LogP contribution in [0.25, 0.3) is 0 Å². The molecule has 0 amide bonds. The van der Waals surface area contributed by atoms with Gasteiger partial charge in [-0.2, -0.15) is 0 Å². The standard InChI is InChI=1S/C21H43N/c1-3-5-6-7-8-9-10-11-12-13-14-15-16-17-19-21(20-22)18-4-2/h11-12,21H,3-10,13-20,22H2,1-2H3. The monoisotopic (exact) mass is 309 g/mol. The molecule has 0 aromatic rings. The molecule has 2 N–H and O–H groups in total. The van der Waals surface area contributed by atoms with E-state index in [1.165, 1.54) is 96.3 Å². The number of unbranched alkanes of at least 4 members (excludes halogenated alkanes) is 10. The fourth-order valence-corrected chi connectivity index (χ4v) is 3.12. The van der Waals surface area contributed by atoms with Gasteiger partial charge < -0.3 is 5.73 Å².